The lowest BCUT2D eigenvalue weighted by Crippen LogP contribution is -2.45. The Morgan fingerprint density at radius 3 is 2.31 bits per heavy atom. The lowest BCUT2D eigenvalue weighted by molar-refractivity contribution is -0.143. The molecule has 2 saturated carbocycles. The third-order valence-electron chi connectivity index (χ3n) is 8.18. The molecule has 5 rings (SSSR count). The zero-order valence-electron chi connectivity index (χ0n) is 22.3. The van der Waals surface area contributed by atoms with Crippen LogP contribution in [0.5, 0.6) is 0 Å². The van der Waals surface area contributed by atoms with E-state index in [1.807, 2.05) is 0 Å². The van der Waals surface area contributed by atoms with Crippen LogP contribution >= 0.6 is 35.3 Å². The maximum atomic E-state index is 13.7. The Morgan fingerprint density at radius 1 is 1.00 bits per heavy atom. The average molecular weight is 641 g/mol. The number of amides is 2. The number of hydrogen-bond acceptors (Lipinski definition) is 6. The van der Waals surface area contributed by atoms with Gasteiger partial charge in [0.2, 0.25) is 5.91 Å². The van der Waals surface area contributed by atoms with Gasteiger partial charge in [-0.05, 0) is 92.1 Å². The number of thiocarbonyl (C=S) groups is 1. The molecule has 2 heterocycles. The second-order valence-corrected chi connectivity index (χ2v) is 13.5. The van der Waals surface area contributed by atoms with Gasteiger partial charge in [-0.1, -0.05) is 30.0 Å². The maximum Gasteiger partial charge on any atom is 0.419 e. The first-order chi connectivity index (χ1) is 19.9. The van der Waals surface area contributed by atoms with Gasteiger partial charge in [-0.25, -0.2) is 4.39 Å². The number of thioether (sulfide) groups is 1. The second-order valence-electron chi connectivity index (χ2n) is 10.9. The molecule has 2 aliphatic carbocycles. The van der Waals surface area contributed by atoms with Crippen molar-refractivity contribution >= 4 is 63.5 Å². The van der Waals surface area contributed by atoms with E-state index in [-0.39, 0.29) is 41.3 Å². The second kappa shape index (κ2) is 12.5. The number of hydrogen-bond donors (Lipinski definition) is 2. The van der Waals surface area contributed by atoms with E-state index in [2.05, 4.69) is 5.32 Å². The summed E-state index contributed by atoms with van der Waals surface area (Å²) in [5.41, 5.74) is -0.622. The Bertz CT molecular complexity index is 1420. The summed E-state index contributed by atoms with van der Waals surface area (Å²) < 4.78 is 53.5. The number of benzene rings is 1. The molecular formula is C29H28F4N2O4S3. The average Bonchev–Trinajstić information content (AvgIpc) is 3.52. The molecule has 13 heteroatoms. The Balaban J connectivity index is 1.18. The Labute approximate surface area is 253 Å². The summed E-state index contributed by atoms with van der Waals surface area (Å²) in [5, 5.41) is 13.9. The SMILES string of the molecule is O=C(O)C1CCC(NC(=O)C2CCC(N3C(=O)C(=Cc4cc(-c5ccc(F)c(C(F)(F)F)c5)cs4)SC3=S)CC2)CC1. The number of nitrogens with zero attached hydrogens (tertiary/aromatic N) is 1. The molecule has 1 aliphatic heterocycles. The molecule has 0 atom stereocenters. The van der Waals surface area contributed by atoms with Crippen LogP contribution in [0, 0.1) is 17.7 Å². The first kappa shape index (κ1) is 30.7. The summed E-state index contributed by atoms with van der Waals surface area (Å²) in [5.74, 6) is -2.87. The number of nitrogens with one attached hydrogen (secondary N) is 1. The number of halogens is 4. The quantitative estimate of drug-likeness (QED) is 0.199. The highest BCUT2D eigenvalue weighted by molar-refractivity contribution is 8.26. The molecule has 1 aromatic carbocycles. The van der Waals surface area contributed by atoms with Gasteiger partial charge in [-0.3, -0.25) is 19.3 Å². The number of carbonyl (C=O) groups excluding carboxylic acids is 2. The number of carboxylic acid groups (broad SMARTS) is 1. The van der Waals surface area contributed by atoms with Gasteiger partial charge in [0.25, 0.3) is 5.91 Å². The van der Waals surface area contributed by atoms with E-state index in [9.17, 15) is 31.9 Å². The monoisotopic (exact) mass is 640 g/mol. The molecule has 2 N–H and O–H groups in total. The molecule has 3 fully saturated rings. The number of carbonyl (C=O) groups is 3. The van der Waals surface area contributed by atoms with Crippen LogP contribution in [0.2, 0.25) is 0 Å². The van der Waals surface area contributed by atoms with Crippen molar-refractivity contribution in [2.24, 2.45) is 11.8 Å². The van der Waals surface area contributed by atoms with Crippen molar-refractivity contribution in [3.8, 4) is 11.1 Å². The first-order valence-corrected chi connectivity index (χ1v) is 15.8. The molecular weight excluding hydrogens is 613 g/mol. The Morgan fingerprint density at radius 2 is 1.67 bits per heavy atom. The van der Waals surface area contributed by atoms with Crippen LogP contribution in [-0.2, 0) is 20.6 Å². The zero-order chi connectivity index (χ0) is 30.2. The van der Waals surface area contributed by atoms with E-state index in [0.717, 1.165) is 12.1 Å². The van der Waals surface area contributed by atoms with Crippen molar-refractivity contribution in [2.75, 3.05) is 0 Å². The third-order valence-corrected chi connectivity index (χ3v) is 10.4. The van der Waals surface area contributed by atoms with Gasteiger partial charge in [0.1, 0.15) is 10.1 Å². The summed E-state index contributed by atoms with van der Waals surface area (Å²) in [6.07, 6.45) is 1.78. The highest BCUT2D eigenvalue weighted by atomic mass is 32.2. The fourth-order valence-corrected chi connectivity index (χ4v) is 8.14. The number of rotatable bonds is 6. The van der Waals surface area contributed by atoms with Crippen molar-refractivity contribution in [2.45, 2.75) is 69.6 Å². The van der Waals surface area contributed by atoms with Gasteiger partial charge in [0.05, 0.1) is 16.4 Å². The number of alkyl halides is 3. The molecule has 0 spiro atoms. The highest BCUT2D eigenvalue weighted by Gasteiger charge is 2.40. The summed E-state index contributed by atoms with van der Waals surface area (Å²) >= 11 is 7.95. The van der Waals surface area contributed by atoms with Crippen LogP contribution in [0.25, 0.3) is 17.2 Å². The molecule has 1 saturated heterocycles. The molecule has 3 aliphatic rings. The first-order valence-electron chi connectivity index (χ1n) is 13.7. The van der Waals surface area contributed by atoms with Crippen molar-refractivity contribution in [3.63, 3.8) is 0 Å². The minimum absolute atomic E-state index is 0.00447. The normalized spacial score (nSPS) is 26.1. The Kier molecular flexibility index (Phi) is 9.10. The molecule has 2 amide bonds. The standard InChI is InChI=1S/C29H28F4N2O4S3/c30-23-10-5-17(12-22(23)29(31,32)33)18-11-21(41-14-18)13-24-26(37)35(28(40)42-24)20-8-3-15(4-9-20)25(36)34-19-6-1-16(2-7-19)27(38)39/h5,10-16,19-20H,1-4,6-9H2,(H,34,36)(H,38,39). The topological polar surface area (TPSA) is 86.7 Å². The van der Waals surface area contributed by atoms with Crippen molar-refractivity contribution in [3.05, 3.63) is 50.8 Å². The van der Waals surface area contributed by atoms with Crippen LogP contribution in [0.3, 0.4) is 0 Å². The highest BCUT2D eigenvalue weighted by Crippen LogP contribution is 2.40. The molecule has 224 valence electrons. The number of thiophene rings is 1. The van der Waals surface area contributed by atoms with Crippen molar-refractivity contribution in [1.82, 2.24) is 10.2 Å². The molecule has 42 heavy (non-hydrogen) atoms. The van der Waals surface area contributed by atoms with E-state index in [1.165, 1.54) is 29.2 Å². The van der Waals surface area contributed by atoms with E-state index in [4.69, 9.17) is 17.3 Å². The van der Waals surface area contributed by atoms with Gasteiger partial charge in [-0.15, -0.1) is 11.3 Å². The van der Waals surface area contributed by atoms with Crippen molar-refractivity contribution in [1.29, 1.82) is 0 Å². The Hall–Kier alpha value is -2.77. The lowest BCUT2D eigenvalue weighted by Gasteiger charge is -2.34. The number of aliphatic carboxylic acids is 1. The van der Waals surface area contributed by atoms with Crippen LogP contribution in [0.1, 0.15) is 61.8 Å². The molecule has 0 bridgehead atoms. The van der Waals surface area contributed by atoms with Gasteiger partial charge < -0.3 is 10.4 Å². The summed E-state index contributed by atoms with van der Waals surface area (Å²) in [7, 11) is 0. The van der Waals surface area contributed by atoms with Crippen LogP contribution in [0.4, 0.5) is 17.6 Å². The maximum absolute atomic E-state index is 13.7. The van der Waals surface area contributed by atoms with Gasteiger partial charge in [0, 0.05) is 22.9 Å². The minimum Gasteiger partial charge on any atom is -0.481 e. The lowest BCUT2D eigenvalue weighted by atomic mass is 9.83. The molecule has 1 aromatic heterocycles. The fraction of sp³-hybridized carbons (Fsp3) is 0.448. The number of carboxylic acids is 1. The summed E-state index contributed by atoms with van der Waals surface area (Å²) in [4.78, 5) is 40.0. The molecule has 0 unspecified atom stereocenters. The van der Waals surface area contributed by atoms with Crippen LogP contribution in [-0.4, -0.2) is 44.2 Å². The van der Waals surface area contributed by atoms with Crippen LogP contribution < -0.4 is 5.32 Å². The smallest absolute Gasteiger partial charge is 0.419 e. The fourth-order valence-electron chi connectivity index (χ4n) is 5.83. The van der Waals surface area contributed by atoms with Crippen LogP contribution in [0.15, 0.2) is 34.6 Å². The van der Waals surface area contributed by atoms with E-state index < -0.39 is 23.5 Å². The van der Waals surface area contributed by atoms with Gasteiger partial charge in [-0.2, -0.15) is 13.2 Å². The predicted molar refractivity (Wildman–Crippen MR) is 157 cm³/mol. The molecule has 0 radical (unpaired) electrons. The predicted octanol–water partition coefficient (Wildman–Crippen LogP) is 7.09. The summed E-state index contributed by atoms with van der Waals surface area (Å²) in [6, 6.07) is 4.39. The van der Waals surface area contributed by atoms with E-state index in [0.29, 0.717) is 71.0 Å². The third kappa shape index (κ3) is 6.73. The van der Waals surface area contributed by atoms with E-state index >= 15 is 0 Å². The molecule has 6 nitrogen and oxygen atoms in total. The molecule has 2 aromatic rings. The zero-order valence-corrected chi connectivity index (χ0v) is 24.7. The van der Waals surface area contributed by atoms with E-state index in [1.54, 1.807) is 22.4 Å². The largest absolute Gasteiger partial charge is 0.481 e. The van der Waals surface area contributed by atoms with Gasteiger partial charge >= 0.3 is 12.1 Å². The van der Waals surface area contributed by atoms with Gasteiger partial charge in [0.15, 0.2) is 0 Å². The summed E-state index contributed by atoms with van der Waals surface area (Å²) in [6.45, 7) is 0. The van der Waals surface area contributed by atoms with Crippen molar-refractivity contribution < 1.29 is 37.1 Å². The minimum atomic E-state index is -4.81.